The molecule has 0 atom stereocenters. The predicted octanol–water partition coefficient (Wildman–Crippen LogP) is 0.696. The molecule has 2 amide bonds. The Morgan fingerprint density at radius 3 is 2.95 bits per heavy atom. The van der Waals surface area contributed by atoms with Crippen LogP contribution in [0.2, 0.25) is 0 Å². The Morgan fingerprint density at radius 1 is 1.50 bits per heavy atom. The van der Waals surface area contributed by atoms with E-state index < -0.39 is 0 Å². The van der Waals surface area contributed by atoms with Crippen LogP contribution in [-0.4, -0.2) is 41.3 Å². The molecule has 0 bridgehead atoms. The van der Waals surface area contributed by atoms with Crippen LogP contribution >= 0.6 is 0 Å². The quantitative estimate of drug-likeness (QED) is 0.799. The first-order valence-electron chi connectivity index (χ1n) is 6.63. The number of nitrogens with one attached hydrogen (secondary N) is 1. The van der Waals surface area contributed by atoms with Gasteiger partial charge in [0.05, 0.1) is 5.56 Å². The van der Waals surface area contributed by atoms with Crippen molar-refractivity contribution >= 4 is 11.8 Å². The molecule has 0 saturated carbocycles. The topological polar surface area (TPSA) is 86.1 Å². The summed E-state index contributed by atoms with van der Waals surface area (Å²) in [7, 11) is 0. The summed E-state index contributed by atoms with van der Waals surface area (Å²) in [6.07, 6.45) is 3.70. The number of pyridine rings is 1. The second-order valence-corrected chi connectivity index (χ2v) is 4.64. The largest absolute Gasteiger partial charge is 0.352 e. The number of nitrogens with zero attached hydrogens (tertiary/aromatic N) is 3. The molecule has 20 heavy (non-hydrogen) atoms. The lowest BCUT2D eigenvalue weighted by atomic mass is 10.2. The van der Waals surface area contributed by atoms with Crippen LogP contribution in [0.25, 0.3) is 0 Å². The van der Waals surface area contributed by atoms with Gasteiger partial charge in [-0.3, -0.25) is 9.59 Å². The smallest absolute Gasteiger partial charge is 0.252 e. The number of rotatable bonds is 5. The van der Waals surface area contributed by atoms with E-state index in [1.807, 2.05) is 11.0 Å². The van der Waals surface area contributed by atoms with E-state index in [0.29, 0.717) is 25.1 Å². The molecule has 0 aliphatic carbocycles. The number of carbonyl (C=O) groups excluding carboxylic acids is 2. The van der Waals surface area contributed by atoms with Crippen LogP contribution in [0.5, 0.6) is 0 Å². The van der Waals surface area contributed by atoms with Crippen LogP contribution in [0.3, 0.4) is 0 Å². The number of nitriles is 1. The average molecular weight is 272 g/mol. The third-order valence-electron chi connectivity index (χ3n) is 3.20. The molecule has 1 aromatic rings. The predicted molar refractivity (Wildman–Crippen MR) is 71.7 cm³/mol. The van der Waals surface area contributed by atoms with E-state index in [2.05, 4.69) is 10.3 Å². The van der Waals surface area contributed by atoms with Gasteiger partial charge in [0.1, 0.15) is 11.8 Å². The first kappa shape index (κ1) is 14.0. The molecule has 1 aliphatic rings. The van der Waals surface area contributed by atoms with Crippen LogP contribution < -0.4 is 5.32 Å². The van der Waals surface area contributed by atoms with Crippen molar-refractivity contribution in [2.24, 2.45) is 0 Å². The van der Waals surface area contributed by atoms with Gasteiger partial charge in [-0.25, -0.2) is 4.98 Å². The van der Waals surface area contributed by atoms with Gasteiger partial charge < -0.3 is 10.2 Å². The van der Waals surface area contributed by atoms with Crippen LogP contribution in [0.15, 0.2) is 18.3 Å². The van der Waals surface area contributed by atoms with Crippen LogP contribution in [-0.2, 0) is 4.79 Å². The minimum atomic E-state index is -0.213. The van der Waals surface area contributed by atoms with Crippen molar-refractivity contribution in [3.63, 3.8) is 0 Å². The zero-order chi connectivity index (χ0) is 14.4. The van der Waals surface area contributed by atoms with Gasteiger partial charge in [-0.2, -0.15) is 5.26 Å². The van der Waals surface area contributed by atoms with Crippen LogP contribution in [0.4, 0.5) is 0 Å². The van der Waals surface area contributed by atoms with Gasteiger partial charge >= 0.3 is 0 Å². The van der Waals surface area contributed by atoms with Gasteiger partial charge in [0, 0.05) is 32.3 Å². The third-order valence-corrected chi connectivity index (χ3v) is 3.20. The maximum atomic E-state index is 11.8. The van der Waals surface area contributed by atoms with E-state index in [-0.39, 0.29) is 17.5 Å². The highest BCUT2D eigenvalue weighted by molar-refractivity contribution is 5.93. The maximum Gasteiger partial charge on any atom is 0.252 e. The summed E-state index contributed by atoms with van der Waals surface area (Å²) in [5, 5.41) is 11.4. The molecule has 6 nitrogen and oxygen atoms in total. The molecule has 1 aromatic heterocycles. The molecule has 0 aromatic carbocycles. The Balaban J connectivity index is 1.72. The number of carbonyl (C=O) groups is 2. The molecule has 1 N–H and O–H groups in total. The molecule has 2 rings (SSSR count). The van der Waals surface area contributed by atoms with Crippen LogP contribution in [0, 0.1) is 11.3 Å². The zero-order valence-corrected chi connectivity index (χ0v) is 11.1. The second kappa shape index (κ2) is 6.66. The monoisotopic (exact) mass is 272 g/mol. The summed E-state index contributed by atoms with van der Waals surface area (Å²) in [6, 6.07) is 4.99. The normalized spacial score (nSPS) is 14.2. The second-order valence-electron chi connectivity index (χ2n) is 4.64. The molecule has 6 heteroatoms. The first-order valence-corrected chi connectivity index (χ1v) is 6.63. The van der Waals surface area contributed by atoms with E-state index in [1.54, 1.807) is 6.07 Å². The maximum absolute atomic E-state index is 11.8. The fraction of sp³-hybridized carbons (Fsp3) is 0.429. The molecule has 1 saturated heterocycles. The molecule has 2 heterocycles. The number of hydrogen-bond donors (Lipinski definition) is 1. The molecule has 0 radical (unpaired) electrons. The number of aromatic nitrogens is 1. The lowest BCUT2D eigenvalue weighted by Crippen LogP contribution is -2.30. The van der Waals surface area contributed by atoms with Crippen molar-refractivity contribution in [1.82, 2.24) is 15.2 Å². The highest BCUT2D eigenvalue weighted by atomic mass is 16.2. The van der Waals surface area contributed by atoms with Crippen molar-refractivity contribution in [1.29, 1.82) is 5.26 Å². The minimum Gasteiger partial charge on any atom is -0.352 e. The molecular formula is C14H16N4O2. The standard InChI is InChI=1S/C14H16N4O2/c15-9-12-5-4-11(10-17-12)14(20)16-6-2-8-18-7-1-3-13(18)19/h4-5,10H,1-3,6-8H2,(H,16,20). The van der Waals surface area contributed by atoms with Crippen molar-refractivity contribution in [2.45, 2.75) is 19.3 Å². The van der Waals surface area contributed by atoms with Crippen molar-refractivity contribution in [3.8, 4) is 6.07 Å². The Bertz CT molecular complexity index is 533. The molecule has 1 fully saturated rings. The Labute approximate surface area is 117 Å². The summed E-state index contributed by atoms with van der Waals surface area (Å²) in [5.74, 6) is -0.0117. The Hall–Kier alpha value is -2.42. The van der Waals surface area contributed by atoms with Gasteiger partial charge in [0.25, 0.3) is 5.91 Å². The van der Waals surface area contributed by atoms with Crippen molar-refractivity contribution in [2.75, 3.05) is 19.6 Å². The fourth-order valence-corrected chi connectivity index (χ4v) is 2.11. The molecule has 0 spiro atoms. The Kier molecular flexibility index (Phi) is 4.66. The van der Waals surface area contributed by atoms with E-state index in [4.69, 9.17) is 5.26 Å². The van der Waals surface area contributed by atoms with Gasteiger partial charge in [-0.15, -0.1) is 0 Å². The number of amides is 2. The molecule has 1 aliphatic heterocycles. The Morgan fingerprint density at radius 2 is 2.35 bits per heavy atom. The average Bonchev–Trinajstić information content (AvgIpc) is 2.89. The van der Waals surface area contributed by atoms with Crippen molar-refractivity contribution < 1.29 is 9.59 Å². The third kappa shape index (κ3) is 3.54. The van der Waals surface area contributed by atoms with Gasteiger partial charge in [-0.05, 0) is 25.0 Å². The summed E-state index contributed by atoms with van der Waals surface area (Å²) in [6.45, 7) is 2.03. The lowest BCUT2D eigenvalue weighted by molar-refractivity contribution is -0.127. The van der Waals surface area contributed by atoms with Gasteiger partial charge in [0.2, 0.25) is 5.91 Å². The van der Waals surface area contributed by atoms with Crippen LogP contribution in [0.1, 0.15) is 35.3 Å². The summed E-state index contributed by atoms with van der Waals surface area (Å²) < 4.78 is 0. The van der Waals surface area contributed by atoms with E-state index in [0.717, 1.165) is 19.4 Å². The number of hydrogen-bond acceptors (Lipinski definition) is 4. The van der Waals surface area contributed by atoms with E-state index in [1.165, 1.54) is 12.3 Å². The SMILES string of the molecule is N#Cc1ccc(C(=O)NCCCN2CCCC2=O)cn1. The summed E-state index contributed by atoms with van der Waals surface area (Å²) in [4.78, 5) is 28.9. The molecular weight excluding hydrogens is 256 g/mol. The van der Waals surface area contributed by atoms with E-state index >= 15 is 0 Å². The van der Waals surface area contributed by atoms with Gasteiger partial charge in [-0.1, -0.05) is 0 Å². The first-order chi connectivity index (χ1) is 9.70. The fourth-order valence-electron chi connectivity index (χ4n) is 2.11. The zero-order valence-electron chi connectivity index (χ0n) is 11.1. The van der Waals surface area contributed by atoms with Crippen molar-refractivity contribution in [3.05, 3.63) is 29.6 Å². The number of likely N-dealkylation sites (tertiary alicyclic amines) is 1. The summed E-state index contributed by atoms with van der Waals surface area (Å²) in [5.41, 5.74) is 0.718. The summed E-state index contributed by atoms with van der Waals surface area (Å²) >= 11 is 0. The highest BCUT2D eigenvalue weighted by Gasteiger charge is 2.19. The van der Waals surface area contributed by atoms with E-state index in [9.17, 15) is 9.59 Å². The molecule has 104 valence electrons. The highest BCUT2D eigenvalue weighted by Crippen LogP contribution is 2.09. The molecule has 0 unspecified atom stereocenters. The lowest BCUT2D eigenvalue weighted by Gasteiger charge is -2.15. The van der Waals surface area contributed by atoms with Gasteiger partial charge in [0.15, 0.2) is 0 Å². The minimum absolute atomic E-state index is 0.201.